The molecule has 0 saturated heterocycles. The third kappa shape index (κ3) is 1.74. The second-order valence-corrected chi connectivity index (χ2v) is 3.28. The Bertz CT molecular complexity index is 503. The third-order valence-corrected chi connectivity index (χ3v) is 2.09. The highest BCUT2D eigenvalue weighted by Gasteiger charge is 2.10. The predicted octanol–water partition coefficient (Wildman–Crippen LogP) is 1.88. The summed E-state index contributed by atoms with van der Waals surface area (Å²) in [6, 6.07) is 6.78. The van der Waals surface area contributed by atoms with E-state index in [0.717, 1.165) is 5.56 Å². The molecule has 2 aromatic rings. The molecule has 0 radical (unpaired) electrons. The van der Waals surface area contributed by atoms with Crippen LogP contribution in [-0.2, 0) is 0 Å². The summed E-state index contributed by atoms with van der Waals surface area (Å²) in [4.78, 5) is 11.0. The van der Waals surface area contributed by atoms with Gasteiger partial charge in [0.2, 0.25) is 0 Å². The van der Waals surface area contributed by atoms with E-state index in [9.17, 15) is 4.79 Å². The predicted molar refractivity (Wildman–Crippen MR) is 55.3 cm³/mol. The summed E-state index contributed by atoms with van der Waals surface area (Å²) in [5.74, 6) is -0.946. The Kier molecular flexibility index (Phi) is 2.25. The quantitative estimate of drug-likeness (QED) is 0.808. The second-order valence-electron chi connectivity index (χ2n) is 3.28. The van der Waals surface area contributed by atoms with E-state index in [1.54, 1.807) is 41.3 Å². The number of nitrogens with zero attached hydrogens (tertiary/aromatic N) is 2. The average Bonchev–Trinajstić information content (AvgIpc) is 2.65. The van der Waals surface area contributed by atoms with Gasteiger partial charge >= 0.3 is 5.97 Å². The molecule has 0 aliphatic carbocycles. The molecule has 4 heteroatoms. The summed E-state index contributed by atoms with van der Waals surface area (Å²) in [7, 11) is 0. The van der Waals surface area contributed by atoms with Gasteiger partial charge in [-0.05, 0) is 24.6 Å². The topological polar surface area (TPSA) is 55.1 Å². The van der Waals surface area contributed by atoms with Crippen molar-refractivity contribution < 1.29 is 9.90 Å². The number of carbonyl (C=O) groups is 1. The van der Waals surface area contributed by atoms with Gasteiger partial charge in [0.1, 0.15) is 0 Å². The molecule has 0 aliphatic heterocycles. The van der Waals surface area contributed by atoms with E-state index in [1.807, 2.05) is 6.92 Å². The van der Waals surface area contributed by atoms with Crippen LogP contribution in [0.3, 0.4) is 0 Å². The van der Waals surface area contributed by atoms with Crippen molar-refractivity contribution in [2.45, 2.75) is 6.92 Å². The standard InChI is InChI=1S/C11H10N2O2/c1-8-6-12-13(7-8)10-5-3-2-4-9(10)11(14)15/h2-7H,1H3,(H,14,15). The molecule has 0 atom stereocenters. The molecule has 0 fully saturated rings. The van der Waals surface area contributed by atoms with Gasteiger partial charge in [0.05, 0.1) is 17.4 Å². The minimum Gasteiger partial charge on any atom is -0.478 e. The fraction of sp³-hybridized carbons (Fsp3) is 0.0909. The first-order valence-electron chi connectivity index (χ1n) is 4.52. The molecule has 0 saturated carbocycles. The van der Waals surface area contributed by atoms with Crippen molar-refractivity contribution in [1.82, 2.24) is 9.78 Å². The highest BCUT2D eigenvalue weighted by Crippen LogP contribution is 2.13. The molecular formula is C11H10N2O2. The fourth-order valence-corrected chi connectivity index (χ4v) is 1.40. The number of aromatic carboxylic acids is 1. The summed E-state index contributed by atoms with van der Waals surface area (Å²) in [6.45, 7) is 1.91. The van der Waals surface area contributed by atoms with Gasteiger partial charge in [0, 0.05) is 6.20 Å². The van der Waals surface area contributed by atoms with Crippen LogP contribution in [0.4, 0.5) is 0 Å². The lowest BCUT2D eigenvalue weighted by Crippen LogP contribution is -2.05. The minimum atomic E-state index is -0.946. The molecular weight excluding hydrogens is 192 g/mol. The number of rotatable bonds is 2. The molecule has 0 unspecified atom stereocenters. The van der Waals surface area contributed by atoms with Gasteiger partial charge < -0.3 is 5.11 Å². The summed E-state index contributed by atoms with van der Waals surface area (Å²) in [5, 5.41) is 13.1. The molecule has 1 N–H and O–H groups in total. The van der Waals surface area contributed by atoms with Crippen molar-refractivity contribution >= 4 is 5.97 Å². The molecule has 4 nitrogen and oxygen atoms in total. The SMILES string of the molecule is Cc1cnn(-c2ccccc2C(=O)O)c1. The largest absolute Gasteiger partial charge is 0.478 e. The van der Waals surface area contributed by atoms with Gasteiger partial charge in [-0.2, -0.15) is 5.10 Å². The highest BCUT2D eigenvalue weighted by atomic mass is 16.4. The van der Waals surface area contributed by atoms with Crippen LogP contribution in [0.5, 0.6) is 0 Å². The van der Waals surface area contributed by atoms with Crippen LogP contribution in [-0.4, -0.2) is 20.9 Å². The van der Waals surface area contributed by atoms with E-state index in [0.29, 0.717) is 5.69 Å². The summed E-state index contributed by atoms with van der Waals surface area (Å²) in [6.07, 6.45) is 3.49. The lowest BCUT2D eigenvalue weighted by molar-refractivity contribution is 0.0696. The van der Waals surface area contributed by atoms with Gasteiger partial charge in [0.15, 0.2) is 0 Å². The van der Waals surface area contributed by atoms with Gasteiger partial charge in [0.25, 0.3) is 0 Å². The van der Waals surface area contributed by atoms with E-state index in [1.165, 1.54) is 0 Å². The molecule has 1 aromatic heterocycles. The first-order valence-corrected chi connectivity index (χ1v) is 4.52. The van der Waals surface area contributed by atoms with Crippen LogP contribution in [0.15, 0.2) is 36.7 Å². The van der Waals surface area contributed by atoms with E-state index < -0.39 is 5.97 Å². The van der Waals surface area contributed by atoms with Gasteiger partial charge in [-0.3, -0.25) is 0 Å². The zero-order valence-corrected chi connectivity index (χ0v) is 8.21. The van der Waals surface area contributed by atoms with E-state index >= 15 is 0 Å². The maximum Gasteiger partial charge on any atom is 0.337 e. The maximum absolute atomic E-state index is 11.0. The van der Waals surface area contributed by atoms with Crippen molar-refractivity contribution in [1.29, 1.82) is 0 Å². The highest BCUT2D eigenvalue weighted by molar-refractivity contribution is 5.91. The maximum atomic E-state index is 11.0. The van der Waals surface area contributed by atoms with Gasteiger partial charge in [-0.1, -0.05) is 12.1 Å². The molecule has 0 aliphatic rings. The van der Waals surface area contributed by atoms with Crippen molar-refractivity contribution in [2.24, 2.45) is 0 Å². The summed E-state index contributed by atoms with van der Waals surface area (Å²) >= 11 is 0. The van der Waals surface area contributed by atoms with Crippen molar-refractivity contribution in [3.05, 3.63) is 47.8 Å². The van der Waals surface area contributed by atoms with Crippen LogP contribution in [0.2, 0.25) is 0 Å². The Morgan fingerprint density at radius 2 is 2.13 bits per heavy atom. The third-order valence-electron chi connectivity index (χ3n) is 2.09. The zero-order valence-electron chi connectivity index (χ0n) is 8.21. The number of para-hydroxylation sites is 1. The van der Waals surface area contributed by atoms with E-state index in [-0.39, 0.29) is 5.56 Å². The first-order chi connectivity index (χ1) is 7.18. The molecule has 2 rings (SSSR count). The Labute approximate surface area is 86.8 Å². The normalized spacial score (nSPS) is 10.2. The van der Waals surface area contributed by atoms with Crippen molar-refractivity contribution in [2.75, 3.05) is 0 Å². The van der Waals surface area contributed by atoms with Crippen LogP contribution >= 0.6 is 0 Å². The average molecular weight is 202 g/mol. The number of carboxylic acid groups (broad SMARTS) is 1. The number of aryl methyl sites for hydroxylation is 1. The van der Waals surface area contributed by atoms with Crippen LogP contribution in [0.25, 0.3) is 5.69 Å². The number of benzene rings is 1. The molecule has 0 bridgehead atoms. The van der Waals surface area contributed by atoms with Crippen LogP contribution in [0.1, 0.15) is 15.9 Å². The summed E-state index contributed by atoms with van der Waals surface area (Å²) < 4.78 is 1.57. The van der Waals surface area contributed by atoms with Gasteiger partial charge in [-0.25, -0.2) is 9.48 Å². The number of hydrogen-bond donors (Lipinski definition) is 1. The molecule has 15 heavy (non-hydrogen) atoms. The second kappa shape index (κ2) is 3.57. The monoisotopic (exact) mass is 202 g/mol. The molecule has 1 aromatic carbocycles. The van der Waals surface area contributed by atoms with Crippen molar-refractivity contribution in [3.63, 3.8) is 0 Å². The molecule has 76 valence electrons. The zero-order chi connectivity index (χ0) is 10.8. The summed E-state index contributed by atoms with van der Waals surface area (Å²) in [5.41, 5.74) is 1.83. The lowest BCUT2D eigenvalue weighted by Gasteiger charge is -2.04. The number of aromatic nitrogens is 2. The minimum absolute atomic E-state index is 0.251. The molecule has 0 amide bonds. The first kappa shape index (κ1) is 9.45. The Morgan fingerprint density at radius 1 is 1.40 bits per heavy atom. The Morgan fingerprint density at radius 3 is 2.73 bits per heavy atom. The van der Waals surface area contributed by atoms with Crippen LogP contribution in [0, 0.1) is 6.92 Å². The van der Waals surface area contributed by atoms with Crippen molar-refractivity contribution in [3.8, 4) is 5.69 Å². The number of hydrogen-bond acceptors (Lipinski definition) is 2. The lowest BCUT2D eigenvalue weighted by atomic mass is 10.2. The molecule has 1 heterocycles. The smallest absolute Gasteiger partial charge is 0.337 e. The Hall–Kier alpha value is -2.10. The van der Waals surface area contributed by atoms with E-state index in [2.05, 4.69) is 5.10 Å². The van der Waals surface area contributed by atoms with Gasteiger partial charge in [-0.15, -0.1) is 0 Å². The Balaban J connectivity index is 2.57. The van der Waals surface area contributed by atoms with Crippen LogP contribution < -0.4 is 0 Å². The fourth-order valence-electron chi connectivity index (χ4n) is 1.40. The number of carboxylic acids is 1. The molecule has 0 spiro atoms. The van der Waals surface area contributed by atoms with E-state index in [4.69, 9.17) is 5.11 Å².